The van der Waals surface area contributed by atoms with E-state index in [1.807, 2.05) is 36.7 Å². The molecule has 0 radical (unpaired) electrons. The van der Waals surface area contributed by atoms with Crippen LogP contribution in [0.25, 0.3) is 10.9 Å². The minimum absolute atomic E-state index is 0.0782. The van der Waals surface area contributed by atoms with Gasteiger partial charge in [0.05, 0.1) is 11.1 Å². The molecular weight excluding hydrogens is 306 g/mol. The molecule has 0 aliphatic heterocycles. The summed E-state index contributed by atoms with van der Waals surface area (Å²) in [5.74, 6) is -0.835. The van der Waals surface area contributed by atoms with Gasteiger partial charge in [0.2, 0.25) is 5.91 Å². The Bertz CT molecular complexity index is 775. The molecule has 1 aromatic heterocycles. The van der Waals surface area contributed by atoms with Crippen molar-refractivity contribution in [2.45, 2.75) is 26.2 Å². The summed E-state index contributed by atoms with van der Waals surface area (Å²) in [5.41, 5.74) is 2.81. The molecule has 2 rings (SSSR count). The molecule has 0 saturated carbocycles. The van der Waals surface area contributed by atoms with Gasteiger partial charge in [0.15, 0.2) is 0 Å². The zero-order valence-electron chi connectivity index (χ0n) is 14.9. The lowest BCUT2D eigenvalue weighted by atomic mass is 9.98. The number of aromatic carboxylic acids is 1. The number of aromatic nitrogens is 1. The minimum Gasteiger partial charge on any atom is -0.478 e. The molecule has 0 atom stereocenters. The molecule has 0 saturated heterocycles. The number of anilines is 1. The Balaban J connectivity index is 2.46. The molecule has 0 fully saturated rings. The lowest BCUT2D eigenvalue weighted by Gasteiger charge is -2.14. The lowest BCUT2D eigenvalue weighted by molar-refractivity contribution is -0.116. The average Bonchev–Trinajstić information content (AvgIpc) is 2.81. The number of rotatable bonds is 6. The van der Waals surface area contributed by atoms with E-state index in [1.54, 1.807) is 12.3 Å². The van der Waals surface area contributed by atoms with Gasteiger partial charge in [-0.15, -0.1) is 0 Å². The first-order valence-corrected chi connectivity index (χ1v) is 8.01. The first-order valence-electron chi connectivity index (χ1n) is 8.01. The highest BCUT2D eigenvalue weighted by atomic mass is 16.4. The Morgan fingerprint density at radius 2 is 1.96 bits per heavy atom. The Labute approximate surface area is 142 Å². The third kappa shape index (κ3) is 3.76. The van der Waals surface area contributed by atoms with Crippen LogP contribution in [0.1, 0.15) is 42.1 Å². The van der Waals surface area contributed by atoms with Crippen LogP contribution in [0.15, 0.2) is 18.3 Å². The first kappa shape index (κ1) is 18.0. The van der Waals surface area contributed by atoms with E-state index < -0.39 is 5.97 Å². The standard InChI is InChI=1S/C18H25N3O3/c1-11(2)13-8-12(19-16(22)6-7-20(3)4)9-14-15(18(23)24)10-21(5)17(13)14/h8-11H,6-7H2,1-5H3,(H,19,22)(H,23,24). The van der Waals surface area contributed by atoms with Crippen LogP contribution in [0.4, 0.5) is 5.69 Å². The maximum Gasteiger partial charge on any atom is 0.337 e. The first-order chi connectivity index (χ1) is 11.2. The summed E-state index contributed by atoms with van der Waals surface area (Å²) in [6.07, 6.45) is 2.01. The fourth-order valence-electron chi connectivity index (χ4n) is 2.81. The number of carboxylic acids is 1. The third-order valence-electron chi connectivity index (χ3n) is 4.03. The molecule has 0 aliphatic rings. The predicted octanol–water partition coefficient (Wildman–Crippen LogP) is 2.89. The van der Waals surface area contributed by atoms with Gasteiger partial charge in [0.1, 0.15) is 0 Å². The van der Waals surface area contributed by atoms with Crippen molar-refractivity contribution in [3.63, 3.8) is 0 Å². The maximum atomic E-state index is 12.1. The third-order valence-corrected chi connectivity index (χ3v) is 4.03. The van der Waals surface area contributed by atoms with E-state index in [1.165, 1.54) is 0 Å². The van der Waals surface area contributed by atoms with Crippen molar-refractivity contribution in [2.75, 3.05) is 26.0 Å². The number of benzene rings is 1. The second kappa shape index (κ2) is 7.05. The molecule has 6 nitrogen and oxygen atoms in total. The number of hydrogen-bond acceptors (Lipinski definition) is 3. The van der Waals surface area contributed by atoms with Crippen molar-refractivity contribution in [3.8, 4) is 0 Å². The SMILES string of the molecule is CC(C)c1cc(NC(=O)CCN(C)C)cc2c(C(=O)O)cn(C)c12. The van der Waals surface area contributed by atoms with Gasteiger partial charge in [0.25, 0.3) is 0 Å². The Kier molecular flexibility index (Phi) is 5.29. The summed E-state index contributed by atoms with van der Waals surface area (Å²) in [4.78, 5) is 25.6. The molecule has 0 aliphatic carbocycles. The Morgan fingerprint density at radius 1 is 1.29 bits per heavy atom. The van der Waals surface area contributed by atoms with Crippen molar-refractivity contribution >= 4 is 28.5 Å². The van der Waals surface area contributed by atoms with Crippen LogP contribution in [-0.4, -0.2) is 47.1 Å². The Hall–Kier alpha value is -2.34. The molecule has 1 amide bonds. The fourth-order valence-corrected chi connectivity index (χ4v) is 2.81. The summed E-state index contributed by atoms with van der Waals surface area (Å²) in [5, 5.41) is 13.0. The summed E-state index contributed by atoms with van der Waals surface area (Å²) in [7, 11) is 5.68. The zero-order chi connectivity index (χ0) is 18.0. The highest BCUT2D eigenvalue weighted by Crippen LogP contribution is 2.32. The van der Waals surface area contributed by atoms with Gasteiger partial charge in [-0.1, -0.05) is 13.8 Å². The molecule has 24 heavy (non-hydrogen) atoms. The number of carbonyl (C=O) groups excluding carboxylic acids is 1. The fraction of sp³-hybridized carbons (Fsp3) is 0.444. The minimum atomic E-state index is -0.966. The normalized spacial score (nSPS) is 11.5. The highest BCUT2D eigenvalue weighted by Gasteiger charge is 2.18. The second-order valence-electron chi connectivity index (χ2n) is 6.68. The summed E-state index contributed by atoms with van der Waals surface area (Å²) < 4.78 is 1.84. The average molecular weight is 331 g/mol. The summed E-state index contributed by atoms with van der Waals surface area (Å²) in [6, 6.07) is 3.68. The molecular formula is C18H25N3O3. The zero-order valence-corrected chi connectivity index (χ0v) is 14.9. The second-order valence-corrected chi connectivity index (χ2v) is 6.68. The van der Waals surface area contributed by atoms with Gasteiger partial charge in [-0.3, -0.25) is 4.79 Å². The van der Waals surface area contributed by atoms with Crippen molar-refractivity contribution in [3.05, 3.63) is 29.5 Å². The van der Waals surface area contributed by atoms with Crippen molar-refractivity contribution in [1.29, 1.82) is 0 Å². The van der Waals surface area contributed by atoms with Gasteiger partial charge in [-0.05, 0) is 37.7 Å². The molecule has 130 valence electrons. The van der Waals surface area contributed by atoms with Crippen LogP contribution in [-0.2, 0) is 11.8 Å². The molecule has 6 heteroatoms. The number of carbonyl (C=O) groups is 2. The van der Waals surface area contributed by atoms with Gasteiger partial charge in [-0.25, -0.2) is 4.79 Å². The molecule has 1 heterocycles. The number of hydrogen-bond donors (Lipinski definition) is 2. The van der Waals surface area contributed by atoms with Crippen molar-refractivity contribution in [1.82, 2.24) is 9.47 Å². The number of aryl methyl sites for hydroxylation is 1. The van der Waals surface area contributed by atoms with Crippen molar-refractivity contribution < 1.29 is 14.7 Å². The van der Waals surface area contributed by atoms with E-state index in [-0.39, 0.29) is 17.4 Å². The van der Waals surface area contributed by atoms with Crippen LogP contribution in [0, 0.1) is 0 Å². The smallest absolute Gasteiger partial charge is 0.337 e. The highest BCUT2D eigenvalue weighted by molar-refractivity contribution is 6.06. The van der Waals surface area contributed by atoms with Gasteiger partial charge < -0.3 is 19.9 Å². The van der Waals surface area contributed by atoms with Crippen LogP contribution >= 0.6 is 0 Å². The van der Waals surface area contributed by atoms with Crippen LogP contribution in [0.3, 0.4) is 0 Å². The quantitative estimate of drug-likeness (QED) is 0.853. The molecule has 0 spiro atoms. The van der Waals surface area contributed by atoms with E-state index in [2.05, 4.69) is 19.2 Å². The number of nitrogens with one attached hydrogen (secondary N) is 1. The van der Waals surface area contributed by atoms with E-state index in [9.17, 15) is 14.7 Å². The van der Waals surface area contributed by atoms with Gasteiger partial charge in [0, 0.05) is 37.3 Å². The van der Waals surface area contributed by atoms with Crippen LogP contribution in [0.2, 0.25) is 0 Å². The van der Waals surface area contributed by atoms with Gasteiger partial charge >= 0.3 is 5.97 Å². The molecule has 2 N–H and O–H groups in total. The molecule has 2 aromatic rings. The van der Waals surface area contributed by atoms with E-state index in [0.717, 1.165) is 11.1 Å². The number of amides is 1. The number of nitrogens with zero attached hydrogens (tertiary/aromatic N) is 2. The Morgan fingerprint density at radius 3 is 2.50 bits per heavy atom. The molecule has 1 aromatic carbocycles. The molecule has 0 unspecified atom stereocenters. The van der Waals surface area contributed by atoms with E-state index >= 15 is 0 Å². The maximum absolute atomic E-state index is 12.1. The predicted molar refractivity (Wildman–Crippen MR) is 95.8 cm³/mol. The topological polar surface area (TPSA) is 74.6 Å². The van der Waals surface area contributed by atoms with Crippen LogP contribution in [0.5, 0.6) is 0 Å². The summed E-state index contributed by atoms with van der Waals surface area (Å²) in [6.45, 7) is 4.77. The summed E-state index contributed by atoms with van der Waals surface area (Å²) >= 11 is 0. The van der Waals surface area contributed by atoms with Crippen LogP contribution < -0.4 is 5.32 Å². The largest absolute Gasteiger partial charge is 0.478 e. The van der Waals surface area contributed by atoms with E-state index in [4.69, 9.17) is 0 Å². The monoisotopic (exact) mass is 331 g/mol. The lowest BCUT2D eigenvalue weighted by Crippen LogP contribution is -2.20. The van der Waals surface area contributed by atoms with Gasteiger partial charge in [-0.2, -0.15) is 0 Å². The number of fused-ring (bicyclic) bond motifs is 1. The molecule has 0 bridgehead atoms. The van der Waals surface area contributed by atoms with Crippen molar-refractivity contribution in [2.24, 2.45) is 7.05 Å². The number of carboxylic acid groups (broad SMARTS) is 1. The van der Waals surface area contributed by atoms with E-state index in [0.29, 0.717) is 24.0 Å².